The van der Waals surface area contributed by atoms with Gasteiger partial charge in [-0.1, -0.05) is 60.7 Å². The molecule has 0 saturated carbocycles. The molecule has 0 fully saturated rings. The van der Waals surface area contributed by atoms with Crippen LogP contribution in [0, 0.1) is 0 Å². The average Bonchev–Trinajstić information content (AvgIpc) is 2.55. The van der Waals surface area contributed by atoms with Crippen LogP contribution in [0.3, 0.4) is 0 Å². The molecule has 0 radical (unpaired) electrons. The lowest BCUT2D eigenvalue weighted by Gasteiger charge is -2.21. The second-order valence-electron chi connectivity index (χ2n) is 5.58. The van der Waals surface area contributed by atoms with Gasteiger partial charge in [-0.3, -0.25) is 9.59 Å². The van der Waals surface area contributed by atoms with E-state index in [0.29, 0.717) is 6.42 Å². The molecule has 2 amide bonds. The molecule has 0 saturated heterocycles. The predicted octanol–water partition coefficient (Wildman–Crippen LogP) is 2.61. The molecule has 0 aromatic heterocycles. The molecule has 2 rings (SSSR count). The fourth-order valence-electron chi connectivity index (χ4n) is 2.44. The molecule has 2 aromatic rings. The summed E-state index contributed by atoms with van der Waals surface area (Å²) in [5.41, 5.74) is 2.04. The number of hydrogen-bond acceptors (Lipinski definition) is 2. The summed E-state index contributed by atoms with van der Waals surface area (Å²) in [6.45, 7) is 3.35. The number of carbonyl (C=O) groups excluding carboxylic acids is 2. The molecular formula is C19H22N2O2. The Morgan fingerprint density at radius 2 is 1.48 bits per heavy atom. The fraction of sp³-hybridized carbons (Fsp3) is 0.263. The van der Waals surface area contributed by atoms with Gasteiger partial charge in [0, 0.05) is 13.3 Å². The molecule has 4 heteroatoms. The zero-order valence-corrected chi connectivity index (χ0v) is 13.5. The fourth-order valence-corrected chi connectivity index (χ4v) is 2.44. The van der Waals surface area contributed by atoms with E-state index in [1.807, 2.05) is 67.6 Å². The second-order valence-corrected chi connectivity index (χ2v) is 5.58. The van der Waals surface area contributed by atoms with Gasteiger partial charge in [0.1, 0.15) is 6.04 Å². The van der Waals surface area contributed by atoms with Crippen molar-refractivity contribution < 1.29 is 9.59 Å². The van der Waals surface area contributed by atoms with Crippen molar-refractivity contribution in [2.75, 3.05) is 0 Å². The Morgan fingerprint density at radius 3 is 2.04 bits per heavy atom. The summed E-state index contributed by atoms with van der Waals surface area (Å²) in [7, 11) is 0. The third-order valence-corrected chi connectivity index (χ3v) is 3.63. The Morgan fingerprint density at radius 1 is 0.913 bits per heavy atom. The highest BCUT2D eigenvalue weighted by molar-refractivity contribution is 5.87. The number of rotatable bonds is 6. The average molecular weight is 310 g/mol. The summed E-state index contributed by atoms with van der Waals surface area (Å²) in [4.78, 5) is 24.0. The Balaban J connectivity index is 2.05. The van der Waals surface area contributed by atoms with Crippen LogP contribution in [0.5, 0.6) is 0 Å². The van der Waals surface area contributed by atoms with Gasteiger partial charge in [-0.05, 0) is 18.1 Å². The molecule has 0 aliphatic carbocycles. The van der Waals surface area contributed by atoms with Crippen LogP contribution in [0.2, 0.25) is 0 Å². The number of amides is 2. The second kappa shape index (κ2) is 8.13. The molecule has 4 nitrogen and oxygen atoms in total. The van der Waals surface area contributed by atoms with E-state index in [1.54, 1.807) is 0 Å². The van der Waals surface area contributed by atoms with E-state index in [9.17, 15) is 9.59 Å². The molecule has 0 heterocycles. The van der Waals surface area contributed by atoms with E-state index in [1.165, 1.54) is 6.92 Å². The summed E-state index contributed by atoms with van der Waals surface area (Å²) in [5, 5.41) is 5.70. The van der Waals surface area contributed by atoms with Gasteiger partial charge in [-0.2, -0.15) is 0 Å². The van der Waals surface area contributed by atoms with Crippen LogP contribution in [0.1, 0.15) is 31.0 Å². The molecule has 0 unspecified atom stereocenters. The van der Waals surface area contributed by atoms with E-state index >= 15 is 0 Å². The summed E-state index contributed by atoms with van der Waals surface area (Å²) in [5.74, 6) is -0.395. The van der Waals surface area contributed by atoms with Gasteiger partial charge in [0.15, 0.2) is 0 Å². The van der Waals surface area contributed by atoms with Crippen LogP contribution in [-0.2, 0) is 16.0 Å². The van der Waals surface area contributed by atoms with E-state index in [-0.39, 0.29) is 17.9 Å². The minimum atomic E-state index is -0.582. The Hall–Kier alpha value is -2.62. The van der Waals surface area contributed by atoms with E-state index in [0.717, 1.165) is 11.1 Å². The molecule has 2 aromatic carbocycles. The molecule has 120 valence electrons. The molecule has 23 heavy (non-hydrogen) atoms. The van der Waals surface area contributed by atoms with Crippen LogP contribution >= 0.6 is 0 Å². The van der Waals surface area contributed by atoms with Crippen LogP contribution in [0.4, 0.5) is 0 Å². The van der Waals surface area contributed by atoms with Gasteiger partial charge < -0.3 is 10.6 Å². The van der Waals surface area contributed by atoms with Gasteiger partial charge in [-0.15, -0.1) is 0 Å². The molecule has 2 atom stereocenters. The van der Waals surface area contributed by atoms with E-state index in [2.05, 4.69) is 10.6 Å². The highest BCUT2D eigenvalue weighted by atomic mass is 16.2. The topological polar surface area (TPSA) is 58.2 Å². The van der Waals surface area contributed by atoms with Gasteiger partial charge >= 0.3 is 0 Å². The predicted molar refractivity (Wildman–Crippen MR) is 90.8 cm³/mol. The van der Waals surface area contributed by atoms with Gasteiger partial charge in [0.05, 0.1) is 6.04 Å². The zero-order valence-electron chi connectivity index (χ0n) is 13.5. The number of nitrogens with one attached hydrogen (secondary N) is 2. The minimum absolute atomic E-state index is 0.115. The Kier molecular flexibility index (Phi) is 5.92. The first kappa shape index (κ1) is 16.7. The molecule has 0 aliphatic rings. The third-order valence-electron chi connectivity index (χ3n) is 3.63. The van der Waals surface area contributed by atoms with Crippen molar-refractivity contribution in [1.82, 2.24) is 10.6 Å². The van der Waals surface area contributed by atoms with Gasteiger partial charge in [0.25, 0.3) is 0 Å². The standard InChI is InChI=1S/C19H22N2O2/c1-14(17-11-7-4-8-12-17)20-19(23)18(21-15(2)22)13-16-9-5-3-6-10-16/h3-12,14,18H,13H2,1-2H3,(H,20,23)(H,21,22)/t14-,18+/m0/s1. The van der Waals surface area contributed by atoms with Crippen LogP contribution in [0.15, 0.2) is 60.7 Å². The maximum absolute atomic E-state index is 12.5. The number of carbonyl (C=O) groups is 2. The van der Waals surface area contributed by atoms with Crippen molar-refractivity contribution in [3.8, 4) is 0 Å². The van der Waals surface area contributed by atoms with Crippen molar-refractivity contribution in [2.45, 2.75) is 32.4 Å². The van der Waals surface area contributed by atoms with E-state index < -0.39 is 6.04 Å². The maximum atomic E-state index is 12.5. The zero-order chi connectivity index (χ0) is 16.7. The third kappa shape index (κ3) is 5.25. The normalized spacial score (nSPS) is 13.0. The van der Waals surface area contributed by atoms with Crippen LogP contribution in [-0.4, -0.2) is 17.9 Å². The van der Waals surface area contributed by atoms with Crippen LogP contribution < -0.4 is 10.6 Å². The minimum Gasteiger partial charge on any atom is -0.348 e. The Bertz CT molecular complexity index is 641. The van der Waals surface area contributed by atoms with Crippen LogP contribution in [0.25, 0.3) is 0 Å². The van der Waals surface area contributed by atoms with Crippen molar-refractivity contribution >= 4 is 11.8 Å². The maximum Gasteiger partial charge on any atom is 0.243 e. The summed E-state index contributed by atoms with van der Waals surface area (Å²) in [6.07, 6.45) is 0.466. The lowest BCUT2D eigenvalue weighted by atomic mass is 10.0. The molecule has 0 bridgehead atoms. The lowest BCUT2D eigenvalue weighted by molar-refractivity contribution is -0.128. The molecule has 0 spiro atoms. The van der Waals surface area contributed by atoms with Crippen molar-refractivity contribution in [3.05, 3.63) is 71.8 Å². The summed E-state index contributed by atoms with van der Waals surface area (Å²) >= 11 is 0. The smallest absolute Gasteiger partial charge is 0.243 e. The largest absolute Gasteiger partial charge is 0.348 e. The highest BCUT2D eigenvalue weighted by Crippen LogP contribution is 2.12. The van der Waals surface area contributed by atoms with Gasteiger partial charge in [-0.25, -0.2) is 0 Å². The SMILES string of the molecule is CC(=O)N[C@H](Cc1ccccc1)C(=O)N[C@@H](C)c1ccccc1. The number of benzene rings is 2. The lowest BCUT2D eigenvalue weighted by Crippen LogP contribution is -2.47. The first-order valence-electron chi connectivity index (χ1n) is 7.72. The number of hydrogen-bond donors (Lipinski definition) is 2. The van der Waals surface area contributed by atoms with Gasteiger partial charge in [0.2, 0.25) is 11.8 Å². The first-order chi connectivity index (χ1) is 11.1. The van der Waals surface area contributed by atoms with E-state index in [4.69, 9.17) is 0 Å². The van der Waals surface area contributed by atoms with Crippen molar-refractivity contribution in [3.63, 3.8) is 0 Å². The van der Waals surface area contributed by atoms with Crippen molar-refractivity contribution in [1.29, 1.82) is 0 Å². The monoisotopic (exact) mass is 310 g/mol. The first-order valence-corrected chi connectivity index (χ1v) is 7.72. The molecule has 0 aliphatic heterocycles. The Labute approximate surface area is 136 Å². The molecular weight excluding hydrogens is 288 g/mol. The quantitative estimate of drug-likeness (QED) is 0.861. The van der Waals surface area contributed by atoms with Crippen molar-refractivity contribution in [2.24, 2.45) is 0 Å². The molecule has 2 N–H and O–H groups in total. The summed E-state index contributed by atoms with van der Waals surface area (Å²) in [6, 6.07) is 18.7. The highest BCUT2D eigenvalue weighted by Gasteiger charge is 2.21. The summed E-state index contributed by atoms with van der Waals surface area (Å²) < 4.78 is 0.